The summed E-state index contributed by atoms with van der Waals surface area (Å²) in [7, 11) is 0. The zero-order valence-corrected chi connectivity index (χ0v) is 14.0. The molecular weight excluding hydrogens is 298 g/mol. The lowest BCUT2D eigenvalue weighted by Crippen LogP contribution is -2.32. The molecule has 0 aliphatic carbocycles. The molecule has 0 fully saturated rings. The minimum absolute atomic E-state index is 0.131. The van der Waals surface area contributed by atoms with Crippen LogP contribution in [0.15, 0.2) is 66.7 Å². The molecule has 1 atom stereocenters. The van der Waals surface area contributed by atoms with Gasteiger partial charge in [-0.05, 0) is 48.4 Å². The second-order valence-electron chi connectivity index (χ2n) is 5.88. The second-order valence-corrected chi connectivity index (χ2v) is 5.88. The van der Waals surface area contributed by atoms with Crippen molar-refractivity contribution >= 4 is 22.4 Å². The minimum Gasteiger partial charge on any atom is -0.481 e. The Morgan fingerprint density at radius 3 is 2.42 bits per heavy atom. The van der Waals surface area contributed by atoms with Crippen molar-refractivity contribution in [1.82, 2.24) is 0 Å². The van der Waals surface area contributed by atoms with Crippen LogP contribution in [0.5, 0.6) is 5.75 Å². The number of hydrogen-bond acceptors (Lipinski definition) is 2. The molecule has 0 heterocycles. The average Bonchev–Trinajstić information content (AvgIpc) is 2.61. The van der Waals surface area contributed by atoms with Crippen LogP contribution in [-0.4, -0.2) is 12.0 Å². The predicted molar refractivity (Wildman–Crippen MR) is 98.5 cm³/mol. The summed E-state index contributed by atoms with van der Waals surface area (Å²) in [6, 6.07) is 21.7. The van der Waals surface area contributed by atoms with Gasteiger partial charge in [0.1, 0.15) is 5.75 Å². The van der Waals surface area contributed by atoms with Crippen LogP contribution in [0.2, 0.25) is 0 Å². The standard InChI is InChI=1S/C21H21NO2/c1-3-20(24-19-12-8-15(2)9-13-19)21(23)22-18-11-10-16-6-4-5-7-17(16)14-18/h4-14,20H,3H2,1-2H3,(H,22,23)/t20-/m1/s1. The van der Waals surface area contributed by atoms with Gasteiger partial charge in [-0.15, -0.1) is 0 Å². The Kier molecular flexibility index (Phi) is 4.80. The Labute approximate surface area is 142 Å². The topological polar surface area (TPSA) is 38.3 Å². The van der Waals surface area contributed by atoms with E-state index in [1.165, 1.54) is 0 Å². The SMILES string of the molecule is CC[C@@H](Oc1ccc(C)cc1)C(=O)Nc1ccc2ccccc2c1. The molecule has 0 unspecified atom stereocenters. The third-order valence-electron chi connectivity index (χ3n) is 3.98. The number of benzene rings is 3. The zero-order valence-electron chi connectivity index (χ0n) is 14.0. The summed E-state index contributed by atoms with van der Waals surface area (Å²) in [6.45, 7) is 3.96. The maximum Gasteiger partial charge on any atom is 0.265 e. The van der Waals surface area contributed by atoms with E-state index in [0.29, 0.717) is 12.2 Å². The maximum atomic E-state index is 12.5. The van der Waals surface area contributed by atoms with Crippen molar-refractivity contribution in [2.75, 3.05) is 5.32 Å². The highest BCUT2D eigenvalue weighted by Crippen LogP contribution is 2.20. The molecule has 3 aromatic carbocycles. The quantitative estimate of drug-likeness (QED) is 0.723. The van der Waals surface area contributed by atoms with Gasteiger partial charge in [0.25, 0.3) is 5.91 Å². The molecule has 3 heteroatoms. The van der Waals surface area contributed by atoms with Crippen LogP contribution >= 0.6 is 0 Å². The van der Waals surface area contributed by atoms with E-state index >= 15 is 0 Å². The molecular formula is C21H21NO2. The van der Waals surface area contributed by atoms with Crippen molar-refractivity contribution < 1.29 is 9.53 Å². The normalized spacial score (nSPS) is 11.9. The third kappa shape index (κ3) is 3.74. The van der Waals surface area contributed by atoms with Gasteiger partial charge in [-0.25, -0.2) is 0 Å². The molecule has 122 valence electrons. The Balaban J connectivity index is 1.72. The van der Waals surface area contributed by atoms with Crippen molar-refractivity contribution in [1.29, 1.82) is 0 Å². The molecule has 1 N–H and O–H groups in total. The van der Waals surface area contributed by atoms with Crippen LogP contribution in [0.4, 0.5) is 5.69 Å². The van der Waals surface area contributed by atoms with Gasteiger partial charge in [-0.3, -0.25) is 4.79 Å². The highest BCUT2D eigenvalue weighted by atomic mass is 16.5. The number of nitrogens with one attached hydrogen (secondary N) is 1. The average molecular weight is 319 g/mol. The molecule has 0 bridgehead atoms. The van der Waals surface area contributed by atoms with E-state index in [4.69, 9.17) is 4.74 Å². The van der Waals surface area contributed by atoms with Crippen molar-refractivity contribution in [3.05, 3.63) is 72.3 Å². The summed E-state index contributed by atoms with van der Waals surface area (Å²) in [5, 5.41) is 5.20. The third-order valence-corrected chi connectivity index (χ3v) is 3.98. The van der Waals surface area contributed by atoms with E-state index in [2.05, 4.69) is 11.4 Å². The molecule has 0 saturated heterocycles. The van der Waals surface area contributed by atoms with Gasteiger partial charge in [0.15, 0.2) is 6.10 Å². The summed E-state index contributed by atoms with van der Waals surface area (Å²) >= 11 is 0. The highest BCUT2D eigenvalue weighted by molar-refractivity contribution is 5.96. The van der Waals surface area contributed by atoms with Crippen LogP contribution < -0.4 is 10.1 Å². The number of amides is 1. The van der Waals surface area contributed by atoms with E-state index in [0.717, 1.165) is 22.0 Å². The zero-order chi connectivity index (χ0) is 16.9. The van der Waals surface area contributed by atoms with Crippen LogP contribution in [0.1, 0.15) is 18.9 Å². The van der Waals surface area contributed by atoms with E-state index < -0.39 is 6.10 Å². The Morgan fingerprint density at radius 1 is 1.00 bits per heavy atom. The number of anilines is 1. The number of aryl methyl sites for hydroxylation is 1. The number of hydrogen-bond donors (Lipinski definition) is 1. The smallest absolute Gasteiger partial charge is 0.265 e. The minimum atomic E-state index is -0.515. The fourth-order valence-electron chi connectivity index (χ4n) is 2.59. The number of fused-ring (bicyclic) bond motifs is 1. The van der Waals surface area contributed by atoms with E-state index in [1.807, 2.05) is 74.5 Å². The monoisotopic (exact) mass is 319 g/mol. The van der Waals surface area contributed by atoms with E-state index in [9.17, 15) is 4.79 Å². The van der Waals surface area contributed by atoms with Crippen LogP contribution in [0.3, 0.4) is 0 Å². The molecule has 3 nitrogen and oxygen atoms in total. The number of rotatable bonds is 5. The lowest BCUT2D eigenvalue weighted by molar-refractivity contribution is -0.122. The lowest BCUT2D eigenvalue weighted by Gasteiger charge is -2.17. The molecule has 1 amide bonds. The Bertz CT molecular complexity index is 840. The number of carbonyl (C=O) groups excluding carboxylic acids is 1. The first-order valence-electron chi connectivity index (χ1n) is 8.18. The summed E-state index contributed by atoms with van der Waals surface area (Å²) in [6.07, 6.45) is 0.0898. The molecule has 0 aliphatic rings. The van der Waals surface area contributed by atoms with Crippen LogP contribution in [0, 0.1) is 6.92 Å². The van der Waals surface area contributed by atoms with Gasteiger partial charge in [-0.1, -0.05) is 55.0 Å². The van der Waals surface area contributed by atoms with Crippen LogP contribution in [-0.2, 0) is 4.79 Å². The van der Waals surface area contributed by atoms with Gasteiger partial charge in [0, 0.05) is 5.69 Å². The molecule has 0 radical (unpaired) electrons. The summed E-state index contributed by atoms with van der Waals surface area (Å²) in [4.78, 5) is 12.5. The van der Waals surface area contributed by atoms with E-state index in [1.54, 1.807) is 0 Å². The molecule has 3 aromatic rings. The molecule has 0 aliphatic heterocycles. The van der Waals surface area contributed by atoms with Crippen molar-refractivity contribution in [3.63, 3.8) is 0 Å². The first-order chi connectivity index (χ1) is 11.7. The molecule has 0 saturated carbocycles. The summed E-state index contributed by atoms with van der Waals surface area (Å²) in [5.41, 5.74) is 1.95. The largest absolute Gasteiger partial charge is 0.481 e. The van der Waals surface area contributed by atoms with Gasteiger partial charge >= 0.3 is 0 Å². The van der Waals surface area contributed by atoms with Gasteiger partial charge in [0.2, 0.25) is 0 Å². The predicted octanol–water partition coefficient (Wildman–Crippen LogP) is 4.94. The highest BCUT2D eigenvalue weighted by Gasteiger charge is 2.18. The molecule has 0 aromatic heterocycles. The summed E-state index contributed by atoms with van der Waals surface area (Å²) < 4.78 is 5.83. The number of ether oxygens (including phenoxy) is 1. The first kappa shape index (κ1) is 16.1. The Hall–Kier alpha value is -2.81. The molecule has 0 spiro atoms. The van der Waals surface area contributed by atoms with E-state index in [-0.39, 0.29) is 5.91 Å². The fourth-order valence-corrected chi connectivity index (χ4v) is 2.59. The Morgan fingerprint density at radius 2 is 1.71 bits per heavy atom. The first-order valence-corrected chi connectivity index (χ1v) is 8.18. The second kappa shape index (κ2) is 7.18. The fraction of sp³-hybridized carbons (Fsp3) is 0.190. The van der Waals surface area contributed by atoms with Crippen LogP contribution in [0.25, 0.3) is 10.8 Å². The summed E-state index contributed by atoms with van der Waals surface area (Å²) in [5.74, 6) is 0.578. The van der Waals surface area contributed by atoms with Gasteiger partial charge < -0.3 is 10.1 Å². The maximum absolute atomic E-state index is 12.5. The van der Waals surface area contributed by atoms with Crippen molar-refractivity contribution in [2.24, 2.45) is 0 Å². The van der Waals surface area contributed by atoms with Crippen molar-refractivity contribution in [3.8, 4) is 5.75 Å². The molecule has 3 rings (SSSR count). The van der Waals surface area contributed by atoms with Gasteiger partial charge in [-0.2, -0.15) is 0 Å². The van der Waals surface area contributed by atoms with Crippen molar-refractivity contribution in [2.45, 2.75) is 26.4 Å². The van der Waals surface area contributed by atoms with Gasteiger partial charge in [0.05, 0.1) is 0 Å². The number of carbonyl (C=O) groups is 1. The lowest BCUT2D eigenvalue weighted by atomic mass is 10.1. The molecule has 24 heavy (non-hydrogen) atoms.